The number of carbonyl (C=O) groups is 1. The Morgan fingerprint density at radius 2 is 1.94 bits per heavy atom. The lowest BCUT2D eigenvalue weighted by atomic mass is 10.2. The van der Waals surface area contributed by atoms with Crippen LogP contribution in [-0.4, -0.2) is 20.7 Å². The molecule has 0 radical (unpaired) electrons. The number of halogens is 2. The summed E-state index contributed by atoms with van der Waals surface area (Å²) < 4.78 is 1.87. The molecule has 4 aromatic rings. The van der Waals surface area contributed by atoms with E-state index in [0.717, 1.165) is 10.6 Å². The first-order chi connectivity index (χ1) is 15.5. The fourth-order valence-electron chi connectivity index (χ4n) is 3.19. The van der Waals surface area contributed by atoms with Gasteiger partial charge in [-0.05, 0) is 42.1 Å². The molecule has 0 aliphatic carbocycles. The van der Waals surface area contributed by atoms with Gasteiger partial charge in [0.2, 0.25) is 5.91 Å². The number of carbonyl (C=O) groups excluding carboxylic acids is 1. The van der Waals surface area contributed by atoms with E-state index in [9.17, 15) is 4.79 Å². The van der Waals surface area contributed by atoms with Gasteiger partial charge in [-0.25, -0.2) is 0 Å². The van der Waals surface area contributed by atoms with Gasteiger partial charge in [0.15, 0.2) is 11.0 Å². The van der Waals surface area contributed by atoms with Gasteiger partial charge in [-0.2, -0.15) is 0 Å². The molecule has 0 bridgehead atoms. The molecule has 0 spiro atoms. The lowest BCUT2D eigenvalue weighted by Gasteiger charge is -2.17. The highest BCUT2D eigenvalue weighted by Gasteiger charge is 2.23. The van der Waals surface area contributed by atoms with Crippen LogP contribution in [-0.2, 0) is 17.0 Å². The van der Waals surface area contributed by atoms with Gasteiger partial charge in [0, 0.05) is 15.7 Å². The van der Waals surface area contributed by atoms with Crippen LogP contribution in [0.2, 0.25) is 10.0 Å². The van der Waals surface area contributed by atoms with Crippen LogP contribution in [0, 0.1) is 0 Å². The van der Waals surface area contributed by atoms with Crippen LogP contribution in [0.15, 0.2) is 71.2 Å². The average molecular weight is 503 g/mol. The molecule has 1 N–H and O–H groups in total. The summed E-state index contributed by atoms with van der Waals surface area (Å²) in [7, 11) is 0. The number of rotatable bonds is 8. The van der Waals surface area contributed by atoms with Gasteiger partial charge >= 0.3 is 0 Å². The van der Waals surface area contributed by atoms with Gasteiger partial charge in [-0.3, -0.25) is 9.36 Å². The van der Waals surface area contributed by atoms with E-state index in [1.54, 1.807) is 41.3 Å². The average Bonchev–Trinajstić information content (AvgIpc) is 3.44. The second-order valence-electron chi connectivity index (χ2n) is 7.09. The highest BCUT2D eigenvalue weighted by molar-refractivity contribution is 7.98. The third-order valence-electron chi connectivity index (χ3n) is 4.70. The van der Waals surface area contributed by atoms with Crippen molar-refractivity contribution in [2.75, 3.05) is 0 Å². The fourth-order valence-corrected chi connectivity index (χ4v) is 5.17. The fraction of sp³-hybridized carbons (Fsp3) is 0.174. The van der Waals surface area contributed by atoms with Crippen LogP contribution in [0.1, 0.15) is 29.2 Å². The molecular weight excluding hydrogens is 483 g/mol. The van der Waals surface area contributed by atoms with Crippen molar-refractivity contribution in [2.45, 2.75) is 30.3 Å². The zero-order valence-electron chi connectivity index (χ0n) is 17.2. The second-order valence-corrected chi connectivity index (χ2v) is 9.91. The van der Waals surface area contributed by atoms with Crippen molar-refractivity contribution in [3.05, 3.63) is 92.4 Å². The molecule has 2 heterocycles. The lowest BCUT2D eigenvalue weighted by Crippen LogP contribution is -2.29. The second kappa shape index (κ2) is 10.5. The van der Waals surface area contributed by atoms with Crippen LogP contribution in [0.3, 0.4) is 0 Å². The van der Waals surface area contributed by atoms with Crippen molar-refractivity contribution in [2.24, 2.45) is 0 Å². The Kier molecular flexibility index (Phi) is 7.52. The Hall–Kier alpha value is -2.32. The number of nitrogens with one attached hydrogen (secondary N) is 1. The molecule has 1 atom stereocenters. The third-order valence-corrected chi connectivity index (χ3v) is 7.13. The molecule has 5 nitrogen and oxygen atoms in total. The van der Waals surface area contributed by atoms with E-state index >= 15 is 0 Å². The monoisotopic (exact) mass is 502 g/mol. The molecule has 2 aromatic heterocycles. The van der Waals surface area contributed by atoms with Crippen molar-refractivity contribution in [1.29, 1.82) is 0 Å². The summed E-state index contributed by atoms with van der Waals surface area (Å²) in [5, 5.41) is 15.5. The number of nitrogens with zero attached hydrogens (tertiary/aromatic N) is 3. The molecule has 32 heavy (non-hydrogen) atoms. The van der Waals surface area contributed by atoms with Gasteiger partial charge in [-0.15, -0.1) is 21.5 Å². The number of thiophene rings is 1. The van der Waals surface area contributed by atoms with E-state index in [1.165, 1.54) is 5.56 Å². The predicted octanol–water partition coefficient (Wildman–Crippen LogP) is 6.35. The number of hydrogen-bond acceptors (Lipinski definition) is 5. The SMILES string of the molecule is CC(NC(=O)Cc1cccs1)c1nnc(SCc2ccccc2)n1-c1cc(Cl)ccc1Cl. The minimum absolute atomic E-state index is 0.0785. The lowest BCUT2D eigenvalue weighted by molar-refractivity contribution is -0.121. The summed E-state index contributed by atoms with van der Waals surface area (Å²) in [5.74, 6) is 1.23. The van der Waals surface area contributed by atoms with Crippen molar-refractivity contribution in [3.8, 4) is 5.69 Å². The zero-order valence-corrected chi connectivity index (χ0v) is 20.3. The minimum atomic E-state index is -0.379. The summed E-state index contributed by atoms with van der Waals surface area (Å²) in [6, 6.07) is 18.9. The van der Waals surface area contributed by atoms with Crippen molar-refractivity contribution in [1.82, 2.24) is 20.1 Å². The predicted molar refractivity (Wildman–Crippen MR) is 132 cm³/mol. The molecule has 0 aliphatic heterocycles. The van der Waals surface area contributed by atoms with Gasteiger partial charge in [0.05, 0.1) is 23.2 Å². The maximum absolute atomic E-state index is 12.6. The summed E-state index contributed by atoms with van der Waals surface area (Å²) in [6.45, 7) is 1.89. The summed E-state index contributed by atoms with van der Waals surface area (Å²) in [6.07, 6.45) is 0.323. The zero-order chi connectivity index (χ0) is 22.5. The Bertz CT molecular complexity index is 1200. The first kappa shape index (κ1) is 22.9. The Labute approximate surface area is 204 Å². The maximum Gasteiger partial charge on any atom is 0.225 e. The van der Waals surface area contributed by atoms with Gasteiger partial charge in [0.25, 0.3) is 0 Å². The molecule has 0 saturated heterocycles. The Morgan fingerprint density at radius 1 is 1.12 bits per heavy atom. The number of hydrogen-bond donors (Lipinski definition) is 1. The van der Waals surface area contributed by atoms with Gasteiger partial charge in [0.1, 0.15) is 0 Å². The van der Waals surface area contributed by atoms with E-state index in [-0.39, 0.29) is 11.9 Å². The van der Waals surface area contributed by atoms with Crippen molar-refractivity contribution >= 4 is 52.2 Å². The number of aromatic nitrogens is 3. The molecule has 164 valence electrons. The Morgan fingerprint density at radius 3 is 2.69 bits per heavy atom. The molecule has 2 aromatic carbocycles. The van der Waals surface area contributed by atoms with Crippen molar-refractivity contribution in [3.63, 3.8) is 0 Å². The van der Waals surface area contributed by atoms with Crippen LogP contribution in [0.25, 0.3) is 5.69 Å². The van der Waals surface area contributed by atoms with Crippen LogP contribution in [0.5, 0.6) is 0 Å². The number of thioether (sulfide) groups is 1. The molecule has 0 saturated carbocycles. The molecule has 1 amide bonds. The van der Waals surface area contributed by atoms with E-state index in [1.807, 2.05) is 47.2 Å². The third kappa shape index (κ3) is 5.53. The molecule has 4 rings (SSSR count). The molecule has 0 aliphatic rings. The number of benzene rings is 2. The molecule has 1 unspecified atom stereocenters. The Balaban J connectivity index is 1.63. The van der Waals surface area contributed by atoms with Crippen LogP contribution >= 0.6 is 46.3 Å². The quantitative estimate of drug-likeness (QED) is 0.285. The highest BCUT2D eigenvalue weighted by atomic mass is 35.5. The normalized spacial score (nSPS) is 12.0. The smallest absolute Gasteiger partial charge is 0.225 e. The summed E-state index contributed by atoms with van der Waals surface area (Å²) in [5.41, 5.74) is 1.84. The van der Waals surface area contributed by atoms with Gasteiger partial charge in [-0.1, -0.05) is 71.4 Å². The highest BCUT2D eigenvalue weighted by Crippen LogP contribution is 2.32. The minimum Gasteiger partial charge on any atom is -0.346 e. The van der Waals surface area contributed by atoms with Crippen LogP contribution in [0.4, 0.5) is 0 Å². The largest absolute Gasteiger partial charge is 0.346 e. The van der Waals surface area contributed by atoms with E-state index < -0.39 is 0 Å². The molecule has 9 heteroatoms. The standard InChI is InChI=1S/C23H20Cl2N4OS2/c1-15(26-21(30)13-18-8-5-11-31-18)22-27-28-23(32-14-16-6-3-2-4-7-16)29(22)20-12-17(24)9-10-19(20)25/h2-12,15H,13-14H2,1H3,(H,26,30). The van der Waals surface area contributed by atoms with E-state index in [4.69, 9.17) is 23.2 Å². The summed E-state index contributed by atoms with van der Waals surface area (Å²) >= 11 is 15.9. The van der Waals surface area contributed by atoms with Crippen LogP contribution < -0.4 is 5.32 Å². The van der Waals surface area contributed by atoms with E-state index in [2.05, 4.69) is 27.6 Å². The maximum atomic E-state index is 12.6. The number of amides is 1. The molecule has 0 fully saturated rings. The van der Waals surface area contributed by atoms with Gasteiger partial charge < -0.3 is 5.32 Å². The first-order valence-corrected chi connectivity index (χ1v) is 12.5. The van der Waals surface area contributed by atoms with Crippen molar-refractivity contribution < 1.29 is 4.79 Å². The van der Waals surface area contributed by atoms with E-state index in [0.29, 0.717) is 33.1 Å². The molecular formula is C23H20Cl2N4OS2. The summed E-state index contributed by atoms with van der Waals surface area (Å²) in [4.78, 5) is 13.6. The first-order valence-electron chi connectivity index (χ1n) is 9.90. The topological polar surface area (TPSA) is 59.8 Å².